The molecule has 8 nitrogen and oxygen atoms in total. The van der Waals surface area contributed by atoms with Crippen LogP contribution in [0, 0.1) is 12.7 Å². The number of aromatic nitrogens is 5. The minimum atomic E-state index is -0.514. The van der Waals surface area contributed by atoms with Gasteiger partial charge in [0.15, 0.2) is 5.82 Å². The summed E-state index contributed by atoms with van der Waals surface area (Å²) in [7, 11) is 1.31. The fourth-order valence-corrected chi connectivity index (χ4v) is 3.74. The van der Waals surface area contributed by atoms with E-state index < -0.39 is 11.9 Å². The second-order valence-corrected chi connectivity index (χ2v) is 7.03. The van der Waals surface area contributed by atoms with Gasteiger partial charge in [-0.1, -0.05) is 11.3 Å². The van der Waals surface area contributed by atoms with Gasteiger partial charge >= 0.3 is 6.09 Å². The number of nitrogens with one attached hydrogen (secondary N) is 2. The molecule has 0 saturated carbocycles. The Labute approximate surface area is 162 Å². The predicted octanol–water partition coefficient (Wildman–Crippen LogP) is 3.45. The van der Waals surface area contributed by atoms with Gasteiger partial charge in [-0.05, 0) is 31.2 Å². The quantitative estimate of drug-likeness (QED) is 0.545. The molecule has 3 heterocycles. The number of aryl methyl sites for hydroxylation is 1. The minimum absolute atomic E-state index is 0.195. The minimum Gasteiger partial charge on any atom is -0.453 e. The van der Waals surface area contributed by atoms with Gasteiger partial charge in [0.25, 0.3) is 0 Å². The molecule has 0 aliphatic rings. The molecule has 0 fully saturated rings. The Hall–Kier alpha value is -3.40. The van der Waals surface area contributed by atoms with Crippen LogP contribution < -0.4 is 5.32 Å². The number of aromatic amines is 1. The third-order valence-electron chi connectivity index (χ3n) is 4.07. The monoisotopic (exact) mass is 398 g/mol. The fraction of sp³-hybridized carbons (Fsp3) is 0.167. The molecule has 1 amide bonds. The zero-order chi connectivity index (χ0) is 19.7. The van der Waals surface area contributed by atoms with Gasteiger partial charge in [0.05, 0.1) is 41.1 Å². The van der Waals surface area contributed by atoms with Crippen LogP contribution in [-0.2, 0) is 11.3 Å². The van der Waals surface area contributed by atoms with E-state index in [9.17, 15) is 9.18 Å². The first kappa shape index (κ1) is 18.0. The lowest BCUT2D eigenvalue weighted by Crippen LogP contribution is -2.22. The fourth-order valence-electron chi connectivity index (χ4n) is 2.77. The van der Waals surface area contributed by atoms with Gasteiger partial charge in [0.2, 0.25) is 0 Å². The van der Waals surface area contributed by atoms with Gasteiger partial charge in [-0.2, -0.15) is 0 Å². The molecule has 0 saturated heterocycles. The highest BCUT2D eigenvalue weighted by Crippen LogP contribution is 2.31. The van der Waals surface area contributed by atoms with Gasteiger partial charge in [-0.25, -0.2) is 19.2 Å². The zero-order valence-electron chi connectivity index (χ0n) is 15.0. The van der Waals surface area contributed by atoms with Crippen molar-refractivity contribution in [1.82, 2.24) is 30.7 Å². The van der Waals surface area contributed by atoms with Crippen LogP contribution in [0.2, 0.25) is 0 Å². The molecular formula is C18H15FN6O2S. The van der Waals surface area contributed by atoms with Crippen molar-refractivity contribution >= 4 is 28.5 Å². The normalized spacial score (nSPS) is 11.0. The van der Waals surface area contributed by atoms with E-state index in [1.54, 1.807) is 6.07 Å². The van der Waals surface area contributed by atoms with Crippen molar-refractivity contribution in [2.45, 2.75) is 13.5 Å². The van der Waals surface area contributed by atoms with E-state index in [-0.39, 0.29) is 12.1 Å². The number of fused-ring (bicyclic) bond motifs is 1. The lowest BCUT2D eigenvalue weighted by molar-refractivity contribution is 0.170. The molecular weight excluding hydrogens is 383 g/mol. The number of pyridine rings is 1. The molecule has 0 unspecified atom stereocenters. The molecule has 0 atom stereocenters. The molecule has 1 aromatic carbocycles. The van der Waals surface area contributed by atoms with Crippen LogP contribution in [0.3, 0.4) is 0 Å². The molecule has 3 aromatic heterocycles. The van der Waals surface area contributed by atoms with Crippen molar-refractivity contribution in [2.75, 3.05) is 7.11 Å². The maximum atomic E-state index is 14.2. The summed E-state index contributed by atoms with van der Waals surface area (Å²) >= 11 is 1.43. The summed E-state index contributed by atoms with van der Waals surface area (Å²) < 4.78 is 18.8. The van der Waals surface area contributed by atoms with Crippen molar-refractivity contribution in [2.24, 2.45) is 0 Å². The van der Waals surface area contributed by atoms with Crippen LogP contribution in [0.5, 0.6) is 0 Å². The van der Waals surface area contributed by atoms with Crippen molar-refractivity contribution in [1.29, 1.82) is 0 Å². The standard InChI is InChI=1S/C18H15FN6O2S/c1-9-17(28-15(21-9)8-20-18(26)27-2)13-5-3-4-12(22-13)10-6-11(19)16-14(7-10)23-25-24-16/h3-7H,8H2,1-2H3,(H,20,26)(H,23,24,25). The highest BCUT2D eigenvalue weighted by atomic mass is 32.1. The molecule has 2 N–H and O–H groups in total. The number of benzene rings is 1. The van der Waals surface area contributed by atoms with Crippen molar-refractivity contribution in [3.05, 3.63) is 46.9 Å². The number of rotatable bonds is 4. The van der Waals surface area contributed by atoms with Gasteiger partial charge in [-0.3, -0.25) is 5.10 Å². The van der Waals surface area contributed by atoms with Crippen LogP contribution in [-0.4, -0.2) is 38.6 Å². The summed E-state index contributed by atoms with van der Waals surface area (Å²) in [6, 6.07) is 8.69. The Morgan fingerprint density at radius 2 is 2.11 bits per heavy atom. The summed E-state index contributed by atoms with van der Waals surface area (Å²) in [5, 5.41) is 13.4. The van der Waals surface area contributed by atoms with Crippen LogP contribution in [0.15, 0.2) is 30.3 Å². The first-order chi connectivity index (χ1) is 13.5. The number of nitrogens with zero attached hydrogens (tertiary/aromatic N) is 4. The topological polar surface area (TPSA) is 106 Å². The third-order valence-corrected chi connectivity index (χ3v) is 5.25. The number of ether oxygens (including phenoxy) is 1. The maximum Gasteiger partial charge on any atom is 0.407 e. The van der Waals surface area contributed by atoms with Crippen molar-refractivity contribution in [3.63, 3.8) is 0 Å². The Morgan fingerprint density at radius 3 is 2.93 bits per heavy atom. The Balaban J connectivity index is 1.67. The molecule has 0 spiro atoms. The molecule has 142 valence electrons. The number of amides is 1. The first-order valence-electron chi connectivity index (χ1n) is 8.31. The smallest absolute Gasteiger partial charge is 0.407 e. The number of H-pyrrole nitrogens is 1. The van der Waals surface area contributed by atoms with Crippen LogP contribution in [0.25, 0.3) is 32.9 Å². The van der Waals surface area contributed by atoms with Crippen LogP contribution >= 0.6 is 11.3 Å². The Morgan fingerprint density at radius 1 is 1.29 bits per heavy atom. The number of halogens is 1. The van der Waals surface area contributed by atoms with Gasteiger partial charge in [0, 0.05) is 5.56 Å². The highest BCUT2D eigenvalue weighted by Gasteiger charge is 2.14. The number of hydrogen-bond donors (Lipinski definition) is 2. The summed E-state index contributed by atoms with van der Waals surface area (Å²) in [5.41, 5.74) is 3.46. The molecule has 0 aliphatic carbocycles. The third kappa shape index (κ3) is 3.41. The van der Waals surface area contributed by atoms with Crippen LogP contribution in [0.1, 0.15) is 10.7 Å². The van der Waals surface area contributed by atoms with E-state index in [4.69, 9.17) is 0 Å². The van der Waals surface area contributed by atoms with E-state index in [1.807, 2.05) is 25.1 Å². The molecule has 0 aliphatic heterocycles. The lowest BCUT2D eigenvalue weighted by Gasteiger charge is -2.05. The average molecular weight is 398 g/mol. The van der Waals surface area contributed by atoms with Gasteiger partial charge in [0.1, 0.15) is 10.5 Å². The molecule has 28 heavy (non-hydrogen) atoms. The van der Waals surface area contributed by atoms with E-state index in [2.05, 4.69) is 35.4 Å². The number of alkyl carbamates (subject to hydrolysis) is 1. The summed E-state index contributed by atoms with van der Waals surface area (Å²) in [6.45, 7) is 2.15. The maximum absolute atomic E-state index is 14.2. The summed E-state index contributed by atoms with van der Waals surface area (Å²) in [4.78, 5) is 21.3. The molecule has 10 heteroatoms. The second kappa shape index (κ2) is 7.31. The van der Waals surface area contributed by atoms with E-state index in [0.717, 1.165) is 21.3 Å². The first-order valence-corrected chi connectivity index (χ1v) is 9.13. The number of hydrogen-bond acceptors (Lipinski definition) is 7. The second-order valence-electron chi connectivity index (χ2n) is 5.94. The molecule has 4 rings (SSSR count). The van der Waals surface area contributed by atoms with E-state index in [0.29, 0.717) is 16.8 Å². The number of methoxy groups -OCH3 is 1. The summed E-state index contributed by atoms with van der Waals surface area (Å²) in [6.07, 6.45) is -0.514. The van der Waals surface area contributed by atoms with Crippen LogP contribution in [0.4, 0.5) is 9.18 Å². The predicted molar refractivity (Wildman–Crippen MR) is 102 cm³/mol. The average Bonchev–Trinajstić information content (AvgIpc) is 3.33. The largest absolute Gasteiger partial charge is 0.453 e. The number of carbonyl (C=O) groups is 1. The zero-order valence-corrected chi connectivity index (χ0v) is 15.8. The Bertz CT molecular complexity index is 1170. The number of carbonyl (C=O) groups excluding carboxylic acids is 1. The highest BCUT2D eigenvalue weighted by molar-refractivity contribution is 7.15. The molecule has 0 bridgehead atoms. The molecule has 4 aromatic rings. The Kier molecular flexibility index (Phi) is 4.70. The van der Waals surface area contributed by atoms with E-state index >= 15 is 0 Å². The van der Waals surface area contributed by atoms with Crippen molar-refractivity contribution < 1.29 is 13.9 Å². The lowest BCUT2D eigenvalue weighted by atomic mass is 10.1. The summed E-state index contributed by atoms with van der Waals surface area (Å²) in [5.74, 6) is -0.460. The van der Waals surface area contributed by atoms with E-state index in [1.165, 1.54) is 24.5 Å². The van der Waals surface area contributed by atoms with Crippen molar-refractivity contribution in [3.8, 4) is 21.8 Å². The van der Waals surface area contributed by atoms with Gasteiger partial charge in [-0.15, -0.1) is 16.4 Å². The SMILES string of the molecule is COC(=O)NCc1nc(C)c(-c2cccc(-c3cc(F)c4nn[nH]c4c3)n2)s1. The molecule has 0 radical (unpaired) electrons. The van der Waals surface area contributed by atoms with Gasteiger partial charge < -0.3 is 10.1 Å². The number of thiazole rings is 1.